The van der Waals surface area contributed by atoms with Crippen molar-refractivity contribution in [3.05, 3.63) is 12.2 Å². The monoisotopic (exact) mass is 1170 g/mol. The Bertz CT molecular complexity index is 1410. The molecular weight excluding hydrogens is 1040 g/mol. The van der Waals surface area contributed by atoms with Crippen LogP contribution in [-0.4, -0.2) is 142 Å². The predicted octanol–water partition coefficient (Wildman–Crippen LogP) is 14.5. The van der Waals surface area contributed by atoms with Crippen LogP contribution in [0.4, 0.5) is 0 Å². The van der Waals surface area contributed by atoms with Crippen LogP contribution in [0.5, 0.6) is 0 Å². The van der Waals surface area contributed by atoms with Gasteiger partial charge in [-0.3, -0.25) is 4.79 Å². The fourth-order valence-electron chi connectivity index (χ4n) is 11.5. The van der Waals surface area contributed by atoms with Crippen LogP contribution in [-0.2, 0) is 33.2 Å². The number of allylic oxidation sites excluding steroid dienone is 2. The first-order chi connectivity index (χ1) is 40.1. The predicted molar refractivity (Wildman–Crippen MR) is 331 cm³/mol. The number of aliphatic hydroxyl groups is 7. The van der Waals surface area contributed by atoms with E-state index in [1.807, 2.05) is 0 Å². The number of hydrogen-bond acceptors (Lipinski definition) is 14. The van der Waals surface area contributed by atoms with Crippen LogP contribution in [0.1, 0.15) is 316 Å². The van der Waals surface area contributed by atoms with Crippen LogP contribution < -0.4 is 0 Å². The molecule has 2 rings (SSSR count). The Labute approximate surface area is 501 Å². The van der Waals surface area contributed by atoms with Gasteiger partial charge >= 0.3 is 5.97 Å². The molecule has 0 bridgehead atoms. The minimum atomic E-state index is -1.70. The summed E-state index contributed by atoms with van der Waals surface area (Å²) in [6, 6.07) is 0. The van der Waals surface area contributed by atoms with E-state index < -0.39 is 80.7 Å². The zero-order valence-electron chi connectivity index (χ0n) is 52.8. The first-order valence-corrected chi connectivity index (χ1v) is 34.8. The van der Waals surface area contributed by atoms with Crippen LogP contribution in [0.2, 0.25) is 0 Å². The Hall–Kier alpha value is -1.27. The van der Waals surface area contributed by atoms with Gasteiger partial charge < -0.3 is 64.2 Å². The third-order valence-electron chi connectivity index (χ3n) is 17.0. The highest BCUT2D eigenvalue weighted by Gasteiger charge is 2.47. The molecule has 14 nitrogen and oxygen atoms in total. The SMILES string of the molecule is CCCCCCCCCC/C=C\CCCCCCCCCCCCCC(=O)OC(COCCCCCCCCCCCCCCCCCCCCCCCCCCC)COC1OC(COC2OC(CO)C(O)C(O)C2O)C(O)C(O)C1O. The molecule has 0 amide bonds. The van der Waals surface area contributed by atoms with Gasteiger partial charge in [0, 0.05) is 13.0 Å². The molecule has 0 aromatic rings. The molecule has 0 aromatic heterocycles. The highest BCUT2D eigenvalue weighted by atomic mass is 16.7. The van der Waals surface area contributed by atoms with Crippen LogP contribution >= 0.6 is 0 Å². The maximum atomic E-state index is 13.1. The molecule has 0 aromatic carbocycles. The maximum absolute atomic E-state index is 13.1. The van der Waals surface area contributed by atoms with E-state index in [-0.39, 0.29) is 25.6 Å². The van der Waals surface area contributed by atoms with Crippen molar-refractivity contribution in [1.29, 1.82) is 0 Å². The summed E-state index contributed by atoms with van der Waals surface area (Å²) in [5.41, 5.74) is 0. The van der Waals surface area contributed by atoms with Crippen LogP contribution in [0, 0.1) is 0 Å². The summed E-state index contributed by atoms with van der Waals surface area (Å²) < 4.78 is 34.6. The molecule has 14 heteroatoms. The van der Waals surface area contributed by atoms with Crippen molar-refractivity contribution in [2.45, 2.75) is 383 Å². The molecule has 486 valence electrons. The van der Waals surface area contributed by atoms with Crippen LogP contribution in [0.25, 0.3) is 0 Å². The molecule has 2 fully saturated rings. The molecule has 2 aliphatic rings. The average Bonchev–Trinajstić information content (AvgIpc) is 3.48. The molecule has 0 saturated carbocycles. The lowest BCUT2D eigenvalue weighted by Crippen LogP contribution is -2.61. The molecule has 2 heterocycles. The maximum Gasteiger partial charge on any atom is 0.306 e. The van der Waals surface area contributed by atoms with Crippen molar-refractivity contribution < 1.29 is 69.0 Å². The van der Waals surface area contributed by atoms with Gasteiger partial charge in [0.05, 0.1) is 26.4 Å². The molecule has 2 aliphatic heterocycles. The second-order valence-electron chi connectivity index (χ2n) is 24.7. The first-order valence-electron chi connectivity index (χ1n) is 34.8. The lowest BCUT2D eigenvalue weighted by molar-refractivity contribution is -0.332. The van der Waals surface area contributed by atoms with Crippen molar-refractivity contribution in [3.8, 4) is 0 Å². The molecule has 0 spiro atoms. The number of hydrogen-bond donors (Lipinski definition) is 7. The van der Waals surface area contributed by atoms with E-state index in [9.17, 15) is 40.5 Å². The van der Waals surface area contributed by atoms with Crippen molar-refractivity contribution in [1.82, 2.24) is 0 Å². The van der Waals surface area contributed by atoms with Crippen molar-refractivity contribution in [3.63, 3.8) is 0 Å². The van der Waals surface area contributed by atoms with Crippen molar-refractivity contribution in [2.75, 3.05) is 33.0 Å². The molecule has 0 radical (unpaired) electrons. The van der Waals surface area contributed by atoms with E-state index in [0.717, 1.165) is 38.5 Å². The normalized spacial score (nSPS) is 23.5. The smallest absolute Gasteiger partial charge is 0.306 e. The van der Waals surface area contributed by atoms with Gasteiger partial charge in [-0.1, -0.05) is 283 Å². The number of aliphatic hydroxyl groups excluding tert-OH is 7. The summed E-state index contributed by atoms with van der Waals surface area (Å²) in [4.78, 5) is 13.1. The number of carbonyl (C=O) groups excluding carboxylic acids is 1. The van der Waals surface area contributed by atoms with Gasteiger partial charge in [-0.2, -0.15) is 0 Å². The summed E-state index contributed by atoms with van der Waals surface area (Å²) in [5, 5.41) is 72.6. The highest BCUT2D eigenvalue weighted by Crippen LogP contribution is 2.27. The fourth-order valence-corrected chi connectivity index (χ4v) is 11.5. The molecule has 0 aliphatic carbocycles. The van der Waals surface area contributed by atoms with E-state index in [0.29, 0.717) is 13.0 Å². The van der Waals surface area contributed by atoms with Crippen molar-refractivity contribution in [2.24, 2.45) is 0 Å². The minimum Gasteiger partial charge on any atom is -0.457 e. The third kappa shape index (κ3) is 40.2. The first kappa shape index (κ1) is 76.8. The Balaban J connectivity index is 1.63. The Morgan fingerprint density at radius 2 is 0.720 bits per heavy atom. The quantitative estimate of drug-likeness (QED) is 0.0171. The summed E-state index contributed by atoms with van der Waals surface area (Å²) >= 11 is 0. The molecule has 7 N–H and O–H groups in total. The second kappa shape index (κ2) is 55.1. The molecule has 11 unspecified atom stereocenters. The Morgan fingerprint density at radius 3 is 1.11 bits per heavy atom. The van der Waals surface area contributed by atoms with E-state index in [4.69, 9.17) is 28.4 Å². The number of esters is 1. The number of ether oxygens (including phenoxy) is 6. The average molecular weight is 1170 g/mol. The summed E-state index contributed by atoms with van der Waals surface area (Å²) in [6.45, 7) is 3.78. The highest BCUT2D eigenvalue weighted by molar-refractivity contribution is 5.69. The van der Waals surface area contributed by atoms with Gasteiger partial charge in [-0.05, 0) is 38.5 Å². The lowest BCUT2D eigenvalue weighted by Gasteiger charge is -2.42. The largest absolute Gasteiger partial charge is 0.457 e. The summed E-state index contributed by atoms with van der Waals surface area (Å²) in [7, 11) is 0. The number of carbonyl (C=O) groups is 1. The van der Waals surface area contributed by atoms with E-state index in [1.54, 1.807) is 0 Å². The lowest BCUT2D eigenvalue weighted by atomic mass is 9.98. The van der Waals surface area contributed by atoms with E-state index in [2.05, 4.69) is 26.0 Å². The third-order valence-corrected chi connectivity index (χ3v) is 17.0. The minimum absolute atomic E-state index is 0.0687. The number of rotatable bonds is 59. The van der Waals surface area contributed by atoms with Gasteiger partial charge in [0.2, 0.25) is 0 Å². The Morgan fingerprint density at radius 1 is 0.390 bits per heavy atom. The molecule has 11 atom stereocenters. The molecule has 82 heavy (non-hydrogen) atoms. The zero-order chi connectivity index (χ0) is 59.4. The fraction of sp³-hybridized carbons (Fsp3) is 0.956. The van der Waals surface area contributed by atoms with Crippen LogP contribution in [0.3, 0.4) is 0 Å². The second-order valence-corrected chi connectivity index (χ2v) is 24.7. The summed E-state index contributed by atoms with van der Waals surface area (Å²) in [5.74, 6) is -0.368. The van der Waals surface area contributed by atoms with Crippen molar-refractivity contribution >= 4 is 5.97 Å². The van der Waals surface area contributed by atoms with Gasteiger partial charge in [-0.15, -0.1) is 0 Å². The standard InChI is InChI=1S/C68H130O14/c1-3-5-7-9-11-13-15-17-19-21-23-25-27-28-30-32-34-36-38-40-42-44-46-48-50-52-77-54-57(55-78-67-66(76)64(74)62(72)59(82-67)56-79-68-65(75)63(73)61(71)58(53-69)81-68)80-60(70)51-49-47-45-43-41-39-37-35-33-31-29-26-24-22-20-18-16-14-12-10-8-6-4-2/h22,24,57-59,61-69,71-76H,3-21,23,25-56H2,1-2H3/b24-22-. The van der Waals surface area contributed by atoms with Gasteiger partial charge in [0.25, 0.3) is 0 Å². The van der Waals surface area contributed by atoms with E-state index in [1.165, 1.54) is 250 Å². The molecule has 2 saturated heterocycles. The van der Waals surface area contributed by atoms with Crippen LogP contribution in [0.15, 0.2) is 12.2 Å². The zero-order valence-corrected chi connectivity index (χ0v) is 52.8. The van der Waals surface area contributed by atoms with Gasteiger partial charge in [0.1, 0.15) is 54.9 Å². The van der Waals surface area contributed by atoms with Gasteiger partial charge in [0.15, 0.2) is 12.6 Å². The van der Waals surface area contributed by atoms with Gasteiger partial charge in [-0.25, -0.2) is 0 Å². The summed E-state index contributed by atoms with van der Waals surface area (Å²) in [6.07, 6.45) is 48.6. The molecular formula is C68H130O14. The topological polar surface area (TPSA) is 214 Å². The van der Waals surface area contributed by atoms with E-state index >= 15 is 0 Å². The number of unbranched alkanes of at least 4 members (excludes halogenated alkanes) is 43. The Kier molecular flexibility index (Phi) is 51.6.